The maximum atomic E-state index is 14.0. The minimum Gasteiger partial charge on any atom is -0.508 e. The molecule has 2 amide bonds. The van der Waals surface area contributed by atoms with Crippen LogP contribution in [0.25, 0.3) is 22.5 Å². The van der Waals surface area contributed by atoms with Crippen molar-refractivity contribution in [3.63, 3.8) is 0 Å². The number of hydrogen-bond donors (Lipinski definition) is 5. The second kappa shape index (κ2) is 20.2. The highest BCUT2D eigenvalue weighted by molar-refractivity contribution is 7.17. The Morgan fingerprint density at radius 2 is 1.58 bits per heavy atom. The number of phenolic OH excluding ortho intramolecular Hbond substituents is 2. The zero-order chi connectivity index (χ0) is 47.7. The molecule has 3 aromatic carbocycles. The van der Waals surface area contributed by atoms with Gasteiger partial charge in [-0.3, -0.25) is 35.2 Å². The smallest absolute Gasteiger partial charge is 0.274 e. The molecule has 0 radical (unpaired) electrons. The molecule has 16 heteroatoms. The fraction of sp³-hybridized carbons (Fsp3) is 0.412. The van der Waals surface area contributed by atoms with Gasteiger partial charge >= 0.3 is 0 Å². The number of thiophene rings is 1. The van der Waals surface area contributed by atoms with E-state index in [0.717, 1.165) is 95.5 Å². The lowest BCUT2D eigenvalue weighted by Gasteiger charge is -2.39. The average molecular weight is 947 g/mol. The summed E-state index contributed by atoms with van der Waals surface area (Å²) in [6, 6.07) is 17.8. The Balaban J connectivity index is 0.864. The van der Waals surface area contributed by atoms with Gasteiger partial charge in [0, 0.05) is 86.0 Å². The number of nitrogens with zero attached hydrogens (tertiary/aromatic N) is 6. The van der Waals surface area contributed by atoms with E-state index < -0.39 is 6.04 Å². The standard InChI is InChI=1S/C51H60ClN9O5S/c1-7-55-50(65)47-45(48(66-57-47)39-24-38(29(2)3)41(62)26-42(39)63)35-10-8-33(9-11-35)27-58-20-22-59(23-21-58)28-34-16-18-60(19-17-34)43(64)25-40-49(54)61(32(6)53)51-44(30(4)31(5)67-51)46(56-40)36-12-14-37(52)15-13-36/h8-15,24,26,29,34,40,53-54,62-63H,7,16-23,25,27-28H2,1-6H3,(H,55,65)/t40-/m0/s1. The van der Waals surface area contributed by atoms with Gasteiger partial charge in [0.2, 0.25) is 5.91 Å². The molecule has 0 unspecified atom stereocenters. The number of halogens is 1. The Morgan fingerprint density at radius 3 is 2.22 bits per heavy atom. The number of likely N-dealkylation sites (tertiary alicyclic amines) is 1. The third kappa shape index (κ3) is 10.1. The van der Waals surface area contributed by atoms with Crippen LogP contribution in [0.4, 0.5) is 5.00 Å². The lowest BCUT2D eigenvalue weighted by atomic mass is 9.94. The number of carbonyl (C=O) groups is 2. The summed E-state index contributed by atoms with van der Waals surface area (Å²) in [4.78, 5) is 42.0. The number of aromatic nitrogens is 1. The molecule has 5 aromatic rings. The van der Waals surface area contributed by atoms with Crippen molar-refractivity contribution in [2.75, 3.05) is 57.3 Å². The maximum Gasteiger partial charge on any atom is 0.274 e. The molecular formula is C51H60ClN9O5S. The van der Waals surface area contributed by atoms with Crippen LogP contribution in [0.15, 0.2) is 70.2 Å². The summed E-state index contributed by atoms with van der Waals surface area (Å²) in [5.41, 5.74) is 6.99. The number of hydrogen-bond acceptors (Lipinski definition) is 12. The Bertz CT molecular complexity index is 2690. The topological polar surface area (TPSA) is 186 Å². The fourth-order valence-electron chi connectivity index (χ4n) is 9.46. The van der Waals surface area contributed by atoms with Crippen molar-refractivity contribution in [3.8, 4) is 33.9 Å². The van der Waals surface area contributed by atoms with Crippen molar-refractivity contribution in [3.05, 3.63) is 104 Å². The third-order valence-corrected chi connectivity index (χ3v) is 14.8. The molecule has 5 heterocycles. The second-order valence-electron chi connectivity index (χ2n) is 18.2. The molecule has 3 aliphatic heterocycles. The van der Waals surface area contributed by atoms with Crippen LogP contribution < -0.4 is 10.2 Å². The van der Waals surface area contributed by atoms with Crippen LogP contribution in [-0.2, 0) is 11.3 Å². The van der Waals surface area contributed by atoms with Crippen LogP contribution in [0.2, 0.25) is 5.02 Å². The fourth-order valence-corrected chi connectivity index (χ4v) is 10.8. The number of amides is 2. The summed E-state index contributed by atoms with van der Waals surface area (Å²) in [6.07, 6.45) is 1.90. The van der Waals surface area contributed by atoms with Gasteiger partial charge in [-0.2, -0.15) is 0 Å². The zero-order valence-electron chi connectivity index (χ0n) is 39.1. The van der Waals surface area contributed by atoms with Gasteiger partial charge in [-0.1, -0.05) is 67.0 Å². The van der Waals surface area contributed by atoms with E-state index in [9.17, 15) is 25.2 Å². The summed E-state index contributed by atoms with van der Waals surface area (Å²) in [5.74, 6) is 0.505. The van der Waals surface area contributed by atoms with Gasteiger partial charge in [-0.25, -0.2) is 0 Å². The highest BCUT2D eigenvalue weighted by Gasteiger charge is 2.36. The van der Waals surface area contributed by atoms with Gasteiger partial charge in [0.05, 0.1) is 23.3 Å². The van der Waals surface area contributed by atoms with Crippen molar-refractivity contribution in [2.24, 2.45) is 10.9 Å². The van der Waals surface area contributed by atoms with Gasteiger partial charge in [0.25, 0.3) is 5.91 Å². The first-order valence-corrected chi connectivity index (χ1v) is 24.3. The minimum atomic E-state index is -0.747. The SMILES string of the molecule is CCNC(=O)c1noc(-c2cc(C(C)C)c(O)cc2O)c1-c1ccc(CN2CCN(CC3CCN(C(=O)C[C@@H]4N=C(c5ccc(Cl)cc5)c5c(sc(C)c5C)N(C(C)=N)C4=N)CC3)CC2)cc1. The number of amidine groups is 2. The molecule has 8 rings (SSSR count). The van der Waals surface area contributed by atoms with Crippen LogP contribution in [0.1, 0.15) is 96.1 Å². The molecule has 1 atom stereocenters. The predicted molar refractivity (Wildman–Crippen MR) is 267 cm³/mol. The first-order chi connectivity index (χ1) is 32.1. The van der Waals surface area contributed by atoms with Gasteiger partial charge < -0.3 is 29.9 Å². The van der Waals surface area contributed by atoms with Gasteiger partial charge in [-0.05, 0) is 92.8 Å². The summed E-state index contributed by atoms with van der Waals surface area (Å²) in [5, 5.41) is 47.8. The molecule has 3 aliphatic rings. The molecule has 0 aliphatic carbocycles. The normalized spacial score (nSPS) is 17.4. The van der Waals surface area contributed by atoms with Crippen LogP contribution in [0.5, 0.6) is 11.5 Å². The number of aromatic hydroxyl groups is 2. The molecule has 352 valence electrons. The Hall–Kier alpha value is -5.87. The molecular weight excluding hydrogens is 886 g/mol. The zero-order valence-corrected chi connectivity index (χ0v) is 40.7. The molecule has 2 aromatic heterocycles. The highest BCUT2D eigenvalue weighted by Crippen LogP contribution is 2.44. The van der Waals surface area contributed by atoms with E-state index in [2.05, 4.69) is 39.3 Å². The van der Waals surface area contributed by atoms with E-state index in [-0.39, 0.29) is 58.8 Å². The molecule has 2 saturated heterocycles. The number of benzene rings is 3. The number of anilines is 1. The predicted octanol–water partition coefficient (Wildman–Crippen LogP) is 9.07. The molecule has 0 bridgehead atoms. The molecule has 2 fully saturated rings. The number of fused-ring (bicyclic) bond motifs is 1. The average Bonchev–Trinajstić information content (AvgIpc) is 3.83. The Labute approximate surface area is 401 Å². The van der Waals surface area contributed by atoms with E-state index in [1.54, 1.807) is 29.2 Å². The monoisotopic (exact) mass is 945 g/mol. The second-order valence-corrected chi connectivity index (χ2v) is 19.9. The number of rotatable bonds is 12. The van der Waals surface area contributed by atoms with Gasteiger partial charge in [0.15, 0.2) is 11.5 Å². The highest BCUT2D eigenvalue weighted by atomic mass is 35.5. The molecule has 67 heavy (non-hydrogen) atoms. The lowest BCUT2D eigenvalue weighted by molar-refractivity contribution is -0.132. The molecule has 0 saturated carbocycles. The van der Waals surface area contributed by atoms with Gasteiger partial charge in [0.1, 0.15) is 34.2 Å². The number of aliphatic imine (C=N–C) groups is 1. The van der Waals surface area contributed by atoms with Crippen molar-refractivity contribution in [2.45, 2.75) is 79.3 Å². The number of nitrogens with one attached hydrogen (secondary N) is 3. The van der Waals surface area contributed by atoms with E-state index in [0.29, 0.717) is 47.3 Å². The van der Waals surface area contributed by atoms with Gasteiger partial charge in [-0.15, -0.1) is 11.3 Å². The minimum absolute atomic E-state index is 0.0111. The Morgan fingerprint density at radius 1 is 0.925 bits per heavy atom. The van der Waals surface area contributed by atoms with Crippen molar-refractivity contribution >= 4 is 57.1 Å². The number of carbonyl (C=O) groups excluding carboxylic acids is 2. The number of phenols is 2. The summed E-state index contributed by atoms with van der Waals surface area (Å²) >= 11 is 7.81. The van der Waals surface area contributed by atoms with Crippen molar-refractivity contribution in [1.82, 2.24) is 25.2 Å². The summed E-state index contributed by atoms with van der Waals surface area (Å²) in [7, 11) is 0. The Kier molecular flexibility index (Phi) is 14.3. The molecule has 0 spiro atoms. The first kappa shape index (κ1) is 47.6. The summed E-state index contributed by atoms with van der Waals surface area (Å²) < 4.78 is 5.76. The van der Waals surface area contributed by atoms with E-state index in [1.165, 1.54) is 6.07 Å². The van der Waals surface area contributed by atoms with E-state index in [4.69, 9.17) is 26.5 Å². The van der Waals surface area contributed by atoms with Crippen molar-refractivity contribution < 1.29 is 24.3 Å². The number of aryl methyl sites for hydroxylation is 1. The van der Waals surface area contributed by atoms with Crippen molar-refractivity contribution in [1.29, 1.82) is 10.8 Å². The van der Waals surface area contributed by atoms with Crippen LogP contribution in [0, 0.1) is 30.6 Å². The van der Waals surface area contributed by atoms with E-state index >= 15 is 0 Å². The largest absolute Gasteiger partial charge is 0.508 e. The van der Waals surface area contributed by atoms with Crippen LogP contribution >= 0.6 is 22.9 Å². The molecule has 14 nitrogen and oxygen atoms in total. The lowest BCUT2D eigenvalue weighted by Crippen LogP contribution is -2.49. The summed E-state index contributed by atoms with van der Waals surface area (Å²) in [6.45, 7) is 18.8. The number of piperazine rings is 1. The van der Waals surface area contributed by atoms with Crippen LogP contribution in [-0.4, -0.2) is 118 Å². The maximum absolute atomic E-state index is 14.0. The van der Waals surface area contributed by atoms with E-state index in [1.807, 2.05) is 69.0 Å². The first-order valence-electron chi connectivity index (χ1n) is 23.1. The quantitative estimate of drug-likeness (QED) is 0.0601. The third-order valence-electron chi connectivity index (χ3n) is 13.3. The molecule has 5 N–H and O–H groups in total. The number of piperidine rings is 1. The van der Waals surface area contributed by atoms with Crippen LogP contribution in [0.3, 0.4) is 0 Å².